The molecule has 0 N–H and O–H groups in total. The van der Waals surface area contributed by atoms with E-state index in [0.717, 1.165) is 0 Å². The van der Waals surface area contributed by atoms with Crippen molar-refractivity contribution in [1.29, 1.82) is 0 Å². The van der Waals surface area contributed by atoms with Gasteiger partial charge in [0.25, 0.3) is 0 Å². The van der Waals surface area contributed by atoms with Crippen molar-refractivity contribution >= 4 is 17.9 Å². The summed E-state index contributed by atoms with van der Waals surface area (Å²) in [6.07, 6.45) is 0.739. The minimum absolute atomic E-state index is 0.0641. The smallest absolute Gasteiger partial charge is 0.308 e. The van der Waals surface area contributed by atoms with Gasteiger partial charge >= 0.3 is 17.9 Å². The van der Waals surface area contributed by atoms with E-state index in [9.17, 15) is 14.4 Å². The molecule has 0 bridgehead atoms. The molecule has 0 aromatic heterocycles. The van der Waals surface area contributed by atoms with E-state index in [1.54, 1.807) is 6.07 Å². The number of ether oxygens (including phenoxy) is 3. The van der Waals surface area contributed by atoms with E-state index in [4.69, 9.17) is 14.2 Å². The second kappa shape index (κ2) is 7.23. The Morgan fingerprint density at radius 3 is 2.05 bits per heavy atom. The van der Waals surface area contributed by atoms with Crippen LogP contribution < -0.4 is 9.47 Å². The summed E-state index contributed by atoms with van der Waals surface area (Å²) in [5.41, 5.74) is 0.535. The highest BCUT2D eigenvalue weighted by Gasteiger charge is 2.16. The third-order valence-electron chi connectivity index (χ3n) is 2.31. The van der Waals surface area contributed by atoms with Crippen LogP contribution in [0.25, 0.3) is 0 Å². The van der Waals surface area contributed by atoms with Crippen LogP contribution in [-0.2, 0) is 19.1 Å². The van der Waals surface area contributed by atoms with Crippen molar-refractivity contribution < 1.29 is 28.6 Å². The molecule has 1 atom stereocenters. The summed E-state index contributed by atoms with van der Waals surface area (Å²) in [7, 11) is 0. The number of benzene rings is 1. The quantitative estimate of drug-likeness (QED) is 0.471. The fraction of sp³-hybridized carbons (Fsp3) is 0.267. The molecule has 0 spiro atoms. The zero-order chi connectivity index (χ0) is 16.0. The van der Waals surface area contributed by atoms with Crippen molar-refractivity contribution in [3.63, 3.8) is 0 Å². The molecule has 6 heteroatoms. The number of carbonyl (C=O) groups is 3. The number of esters is 3. The molecule has 1 aromatic carbocycles. The molecule has 0 unspecified atom stereocenters. The van der Waals surface area contributed by atoms with Crippen LogP contribution in [0.1, 0.15) is 32.4 Å². The Kier molecular flexibility index (Phi) is 5.66. The Morgan fingerprint density at radius 1 is 1.00 bits per heavy atom. The van der Waals surface area contributed by atoms with Crippen molar-refractivity contribution in [3.8, 4) is 11.5 Å². The molecular formula is C15H16O6. The van der Waals surface area contributed by atoms with Crippen molar-refractivity contribution in [2.24, 2.45) is 0 Å². The second-order valence-electron chi connectivity index (χ2n) is 4.16. The van der Waals surface area contributed by atoms with Gasteiger partial charge in [-0.25, -0.2) is 0 Å². The predicted octanol–water partition coefficient (Wildman–Crippen LogP) is 2.33. The molecule has 0 amide bonds. The first-order valence-electron chi connectivity index (χ1n) is 6.14. The largest absolute Gasteiger partial charge is 0.453 e. The lowest BCUT2D eigenvalue weighted by Gasteiger charge is -2.15. The lowest BCUT2D eigenvalue weighted by molar-refractivity contribution is -0.144. The zero-order valence-electron chi connectivity index (χ0n) is 12.0. The number of hydrogen-bond donors (Lipinski definition) is 0. The molecule has 1 aromatic rings. The van der Waals surface area contributed by atoms with Crippen LogP contribution in [0.4, 0.5) is 0 Å². The standard InChI is InChI=1S/C15H16O6/c1-5-13(19-9(2)16)12-6-7-14(20-10(3)17)15(8-12)21-11(4)18/h5-8,13H,1H2,2-4H3/t13-/m0/s1. The number of hydrogen-bond acceptors (Lipinski definition) is 6. The van der Waals surface area contributed by atoms with Gasteiger partial charge in [0.15, 0.2) is 11.5 Å². The average molecular weight is 292 g/mol. The molecular weight excluding hydrogens is 276 g/mol. The maximum absolute atomic E-state index is 11.1. The third kappa shape index (κ3) is 5.10. The second-order valence-corrected chi connectivity index (χ2v) is 4.16. The van der Waals surface area contributed by atoms with Gasteiger partial charge in [0.05, 0.1) is 0 Å². The Balaban J connectivity index is 3.18. The molecule has 0 aliphatic carbocycles. The molecule has 6 nitrogen and oxygen atoms in total. The Morgan fingerprint density at radius 2 is 1.57 bits per heavy atom. The SMILES string of the molecule is C=C[C@H](OC(C)=O)c1ccc(OC(C)=O)c(OC(C)=O)c1. The van der Waals surface area contributed by atoms with Gasteiger partial charge in [-0.15, -0.1) is 0 Å². The highest BCUT2D eigenvalue weighted by molar-refractivity contribution is 5.74. The first-order valence-corrected chi connectivity index (χ1v) is 6.14. The van der Waals surface area contributed by atoms with E-state index in [2.05, 4.69) is 6.58 Å². The van der Waals surface area contributed by atoms with Crippen molar-refractivity contribution in [2.45, 2.75) is 26.9 Å². The van der Waals surface area contributed by atoms with Gasteiger partial charge in [-0.2, -0.15) is 0 Å². The summed E-state index contributed by atoms with van der Waals surface area (Å²) in [4.78, 5) is 33.2. The molecule has 0 aliphatic rings. The zero-order valence-corrected chi connectivity index (χ0v) is 12.0. The van der Waals surface area contributed by atoms with E-state index in [1.807, 2.05) is 0 Å². The topological polar surface area (TPSA) is 78.9 Å². The van der Waals surface area contributed by atoms with Gasteiger partial charge in [-0.1, -0.05) is 12.6 Å². The summed E-state index contributed by atoms with van der Waals surface area (Å²) in [6, 6.07) is 4.49. The first-order chi connectivity index (χ1) is 9.83. The maximum Gasteiger partial charge on any atom is 0.308 e. The minimum Gasteiger partial charge on any atom is -0.453 e. The predicted molar refractivity (Wildman–Crippen MR) is 73.8 cm³/mol. The molecule has 0 radical (unpaired) electrons. The molecule has 0 saturated heterocycles. The van der Waals surface area contributed by atoms with Gasteiger partial charge in [-0.05, 0) is 18.2 Å². The molecule has 0 saturated carbocycles. The highest BCUT2D eigenvalue weighted by atomic mass is 16.6. The van der Waals surface area contributed by atoms with Crippen molar-refractivity contribution in [1.82, 2.24) is 0 Å². The Hall–Kier alpha value is -2.63. The van der Waals surface area contributed by atoms with E-state index < -0.39 is 24.0 Å². The van der Waals surface area contributed by atoms with Gasteiger partial charge in [-0.3, -0.25) is 14.4 Å². The monoisotopic (exact) mass is 292 g/mol. The highest BCUT2D eigenvalue weighted by Crippen LogP contribution is 2.32. The van der Waals surface area contributed by atoms with E-state index >= 15 is 0 Å². The van der Waals surface area contributed by atoms with Crippen LogP contribution in [0.3, 0.4) is 0 Å². The summed E-state index contributed by atoms with van der Waals surface area (Å²) < 4.78 is 15.0. The minimum atomic E-state index is -0.691. The van der Waals surface area contributed by atoms with Crippen molar-refractivity contribution in [2.75, 3.05) is 0 Å². The molecule has 1 rings (SSSR count). The van der Waals surface area contributed by atoms with Crippen LogP contribution in [0.5, 0.6) is 11.5 Å². The number of rotatable bonds is 5. The van der Waals surface area contributed by atoms with E-state index in [0.29, 0.717) is 5.56 Å². The molecule has 112 valence electrons. The van der Waals surface area contributed by atoms with E-state index in [-0.39, 0.29) is 11.5 Å². The Labute approximate surface area is 122 Å². The van der Waals surface area contributed by atoms with Crippen LogP contribution >= 0.6 is 0 Å². The maximum atomic E-state index is 11.1. The number of carbonyl (C=O) groups excluding carboxylic acids is 3. The fourth-order valence-corrected chi connectivity index (χ4v) is 1.61. The molecule has 0 fully saturated rings. The van der Waals surface area contributed by atoms with Gasteiger partial charge in [0.2, 0.25) is 0 Å². The molecule has 0 aliphatic heterocycles. The first kappa shape index (κ1) is 16.4. The Bertz CT molecular complexity index is 576. The van der Waals surface area contributed by atoms with Crippen LogP contribution in [0.2, 0.25) is 0 Å². The summed E-state index contributed by atoms with van der Waals surface area (Å²) in [5.74, 6) is -1.42. The summed E-state index contributed by atoms with van der Waals surface area (Å²) in [6.45, 7) is 7.31. The normalized spacial score (nSPS) is 11.2. The van der Waals surface area contributed by atoms with Crippen LogP contribution in [0, 0.1) is 0 Å². The van der Waals surface area contributed by atoms with Crippen molar-refractivity contribution in [3.05, 3.63) is 36.4 Å². The van der Waals surface area contributed by atoms with Crippen LogP contribution in [0.15, 0.2) is 30.9 Å². The molecule has 21 heavy (non-hydrogen) atoms. The average Bonchev–Trinajstić information content (AvgIpc) is 2.36. The lowest BCUT2D eigenvalue weighted by atomic mass is 10.1. The van der Waals surface area contributed by atoms with E-state index in [1.165, 1.54) is 39.0 Å². The fourth-order valence-electron chi connectivity index (χ4n) is 1.61. The van der Waals surface area contributed by atoms with Gasteiger partial charge in [0, 0.05) is 26.3 Å². The van der Waals surface area contributed by atoms with Crippen LogP contribution in [-0.4, -0.2) is 17.9 Å². The lowest BCUT2D eigenvalue weighted by Crippen LogP contribution is -2.09. The summed E-state index contributed by atoms with van der Waals surface area (Å²) >= 11 is 0. The molecule has 0 heterocycles. The third-order valence-corrected chi connectivity index (χ3v) is 2.31. The summed E-state index contributed by atoms with van der Waals surface area (Å²) in [5, 5.41) is 0. The van der Waals surface area contributed by atoms with Gasteiger partial charge < -0.3 is 14.2 Å². The van der Waals surface area contributed by atoms with Gasteiger partial charge in [0.1, 0.15) is 6.10 Å².